The Bertz CT molecular complexity index is 5040. The third-order valence-corrected chi connectivity index (χ3v) is 11.8. The van der Waals surface area contributed by atoms with Crippen LogP contribution in [0.15, 0.2) is 212 Å². The van der Waals surface area contributed by atoms with E-state index in [4.69, 9.17) is 34.1 Å². The fourth-order valence-corrected chi connectivity index (χ4v) is 9.05. The first kappa shape index (κ1) is 19.2. The van der Waals surface area contributed by atoms with Crippen molar-refractivity contribution in [3.63, 3.8) is 0 Å². The van der Waals surface area contributed by atoms with Gasteiger partial charge < -0.3 is 0 Å². The van der Waals surface area contributed by atoms with E-state index < -0.39 is 223 Å². The second-order valence-corrected chi connectivity index (χ2v) is 15.3. The summed E-state index contributed by atoms with van der Waals surface area (Å²) in [6, 6.07) is 0.626. The van der Waals surface area contributed by atoms with Gasteiger partial charge in [0.1, 0.15) is 0 Å². The quantitative estimate of drug-likeness (QED) is 0.167. The van der Waals surface area contributed by atoms with E-state index in [0.717, 1.165) is 40.4 Å². The van der Waals surface area contributed by atoms with Crippen LogP contribution in [0.1, 0.15) is 32.9 Å². The molecule has 0 saturated carbocycles. The van der Waals surface area contributed by atoms with Crippen molar-refractivity contribution >= 4 is 75.1 Å². The second kappa shape index (κ2) is 14.2. The molecule has 63 heavy (non-hydrogen) atoms. The third kappa shape index (κ3) is 5.73. The Kier molecular flexibility index (Phi) is 4.34. The molecule has 0 radical (unpaired) electrons. The van der Waals surface area contributed by atoms with Crippen LogP contribution in [0, 0.1) is 0 Å². The van der Waals surface area contributed by atoms with Crippen molar-refractivity contribution in [1.29, 1.82) is 0 Å². The van der Waals surface area contributed by atoms with E-state index in [1.165, 1.54) is 0 Å². The Hall–Kier alpha value is -8.19. The molecule has 0 atom stereocenters. The van der Waals surface area contributed by atoms with Gasteiger partial charge in [-0.3, -0.25) is 9.13 Å². The van der Waals surface area contributed by atoms with Gasteiger partial charge in [0.05, 0.1) is 55.0 Å². The summed E-state index contributed by atoms with van der Waals surface area (Å²) < 4.78 is 221. The van der Waals surface area contributed by atoms with Crippen molar-refractivity contribution in [2.24, 2.45) is 0 Å². The first-order chi connectivity index (χ1) is 41.2. The van der Waals surface area contributed by atoms with Gasteiger partial charge in [-0.05, 0) is 69.7 Å². The van der Waals surface area contributed by atoms with Crippen LogP contribution in [-0.4, -0.2) is 24.1 Å². The highest BCUT2D eigenvalue weighted by Crippen LogP contribution is 2.41. The minimum atomic E-state index is -0.863. The molecule has 13 rings (SSSR count). The molecule has 6 heteroatoms. The molecule has 13 aromatic rings. The average molecular weight is 846 g/mol. The number of nitrogens with zero attached hydrogens (tertiary/aromatic N) is 5. The SMILES string of the molecule is [2H]c1c([2H])c([2H])c(-c2c([2H])c([2H])c3c4c([2H])c([2H])c([2H])c([2H])c4n(-c4nc(-c5ccc(-c6cccc7sc8ccccc8c67)cc5)nc(-n5c6c([2H])c([2H])c([2H])c([2H])c6c6c([2H])c([2H])c(-c7c([2H])c([2H])c([2H])c([2H])c7[2H])c([2H])c65)n4)c3c2[2H])c([2H])c1[2H]. The molecule has 4 aromatic heterocycles. The lowest BCUT2D eigenvalue weighted by Crippen LogP contribution is -2.10. The number of aromatic nitrogens is 5. The molecule has 0 fully saturated rings. The van der Waals surface area contributed by atoms with Crippen LogP contribution >= 0.6 is 11.3 Å². The number of benzene rings is 9. The molecule has 0 bridgehead atoms. The van der Waals surface area contributed by atoms with Gasteiger partial charge in [-0.2, -0.15) is 15.0 Å². The Morgan fingerprint density at radius 2 is 0.873 bits per heavy atom. The average Bonchev–Trinajstić information content (AvgIpc) is 1.62. The van der Waals surface area contributed by atoms with Crippen LogP contribution in [0.5, 0.6) is 0 Å². The van der Waals surface area contributed by atoms with Gasteiger partial charge in [-0.25, -0.2) is 0 Å². The van der Waals surface area contributed by atoms with Crippen LogP contribution in [0.3, 0.4) is 0 Å². The molecular formula is C57H35N5S. The summed E-state index contributed by atoms with van der Waals surface area (Å²) >= 11 is 1.61. The molecule has 0 amide bonds. The molecule has 0 aliphatic heterocycles. The van der Waals surface area contributed by atoms with Crippen molar-refractivity contribution in [3.8, 4) is 56.7 Å². The van der Waals surface area contributed by atoms with Crippen LogP contribution in [0.2, 0.25) is 0 Å². The molecule has 9 aromatic carbocycles. The van der Waals surface area contributed by atoms with Crippen molar-refractivity contribution < 1.29 is 32.9 Å². The summed E-state index contributed by atoms with van der Waals surface area (Å²) in [7, 11) is 0. The normalized spacial score (nSPS) is 17.1. The van der Waals surface area contributed by atoms with Crippen LogP contribution < -0.4 is 0 Å². The van der Waals surface area contributed by atoms with Gasteiger partial charge in [0.2, 0.25) is 11.9 Å². The highest BCUT2D eigenvalue weighted by Gasteiger charge is 2.22. The zero-order valence-electron chi connectivity index (χ0n) is 56.0. The summed E-state index contributed by atoms with van der Waals surface area (Å²) in [5.41, 5.74) is -3.08. The summed E-state index contributed by atoms with van der Waals surface area (Å²) in [5.74, 6) is -1.66. The summed E-state index contributed by atoms with van der Waals surface area (Å²) in [6.07, 6.45) is 0. The fourth-order valence-electron chi connectivity index (χ4n) is 7.92. The van der Waals surface area contributed by atoms with Crippen LogP contribution in [0.4, 0.5) is 0 Å². The second-order valence-electron chi connectivity index (χ2n) is 14.2. The first-order valence-corrected chi connectivity index (χ1v) is 20.1. The molecule has 0 aliphatic rings. The van der Waals surface area contributed by atoms with Crippen LogP contribution in [0.25, 0.3) is 120 Å². The maximum atomic E-state index is 9.98. The molecule has 294 valence electrons. The third-order valence-electron chi connectivity index (χ3n) is 10.7. The lowest BCUT2D eigenvalue weighted by molar-refractivity contribution is 0.893. The monoisotopic (exact) mass is 845 g/mol. The number of thiophene rings is 1. The Labute approximate surface area is 400 Å². The number of rotatable bonds is 6. The van der Waals surface area contributed by atoms with E-state index in [0.29, 0.717) is 0 Å². The van der Waals surface area contributed by atoms with E-state index >= 15 is 0 Å². The number of fused-ring (bicyclic) bond motifs is 9. The van der Waals surface area contributed by atoms with Gasteiger partial charge in [0, 0.05) is 47.3 Å². The summed E-state index contributed by atoms with van der Waals surface area (Å²) in [5, 5.41) is 0.170. The van der Waals surface area contributed by atoms with Gasteiger partial charge >= 0.3 is 0 Å². The predicted molar refractivity (Wildman–Crippen MR) is 263 cm³/mol. The molecule has 5 nitrogen and oxygen atoms in total. The number of hydrogen-bond acceptors (Lipinski definition) is 4. The lowest BCUT2D eigenvalue weighted by Gasteiger charge is -2.13. The minimum Gasteiger partial charge on any atom is -0.278 e. The molecule has 0 saturated heterocycles. The van der Waals surface area contributed by atoms with Crippen molar-refractivity contribution in [1.82, 2.24) is 24.1 Å². The number of hydrogen-bond donors (Lipinski definition) is 0. The molecule has 0 spiro atoms. The highest BCUT2D eigenvalue weighted by molar-refractivity contribution is 7.25. The molecule has 0 aliphatic carbocycles. The largest absolute Gasteiger partial charge is 0.278 e. The minimum absolute atomic E-state index is 0.178. The Morgan fingerprint density at radius 1 is 0.365 bits per heavy atom. The Balaban J connectivity index is 1.22. The van der Waals surface area contributed by atoms with Gasteiger partial charge in [0.25, 0.3) is 0 Å². The van der Waals surface area contributed by atoms with Gasteiger partial charge in [-0.15, -0.1) is 11.3 Å². The Morgan fingerprint density at radius 3 is 1.48 bits per heavy atom. The predicted octanol–water partition coefficient (Wildman–Crippen LogP) is 15.1. The van der Waals surface area contributed by atoms with E-state index in [1.54, 1.807) is 35.6 Å². The van der Waals surface area contributed by atoms with Crippen molar-refractivity contribution in [2.75, 3.05) is 0 Å². The molecule has 0 N–H and O–H groups in total. The van der Waals surface area contributed by atoms with Crippen molar-refractivity contribution in [3.05, 3.63) is 212 Å². The van der Waals surface area contributed by atoms with Crippen LogP contribution in [-0.2, 0) is 0 Å². The van der Waals surface area contributed by atoms with E-state index in [1.807, 2.05) is 42.5 Å². The fraction of sp³-hybridized carbons (Fsp3) is 0. The van der Waals surface area contributed by atoms with E-state index in [-0.39, 0.29) is 11.4 Å². The topological polar surface area (TPSA) is 48.5 Å². The first-order valence-electron chi connectivity index (χ1n) is 31.2. The van der Waals surface area contributed by atoms with Gasteiger partial charge in [0.15, 0.2) is 5.82 Å². The highest BCUT2D eigenvalue weighted by atomic mass is 32.1. The van der Waals surface area contributed by atoms with E-state index in [9.17, 15) is 13.7 Å². The molecule has 0 unspecified atom stereocenters. The van der Waals surface area contributed by atoms with E-state index in [2.05, 4.69) is 0 Å². The van der Waals surface area contributed by atoms with Gasteiger partial charge in [-0.1, -0.05) is 175 Å². The lowest BCUT2D eigenvalue weighted by atomic mass is 9.98. The molecular weight excluding hydrogens is 787 g/mol. The standard InChI is InChI=1S/C57H35N5S/c1-3-14-36(15-4-1)40-30-32-45-43-18-7-10-22-48(43)61(50(45)34-40)56-58-55(39-28-26-38(27-29-39)42-21-13-25-53-54(42)47-20-9-12-24-52(47)63-53)59-57(60-56)62-49-23-11-8-19-44(49)46-33-31-41(35-51(46)62)37-16-5-2-6-17-37/h1-35H/i1D,2D,3D,4D,5D,6D,7D,8D,10D,11D,14D,15D,16D,17D,18D,19D,22D,23D,30D,31D,32D,33D,34D,35D. The smallest absolute Gasteiger partial charge is 0.240 e. The summed E-state index contributed by atoms with van der Waals surface area (Å²) in [6.45, 7) is 0. The maximum Gasteiger partial charge on any atom is 0.240 e. The van der Waals surface area contributed by atoms with Crippen molar-refractivity contribution in [2.45, 2.75) is 0 Å². The summed E-state index contributed by atoms with van der Waals surface area (Å²) in [4.78, 5) is 14.6. The number of para-hydroxylation sites is 2. The molecule has 4 heterocycles. The zero-order chi connectivity index (χ0) is 62.3. The maximum absolute atomic E-state index is 9.98. The zero-order valence-corrected chi connectivity index (χ0v) is 32.8.